The van der Waals surface area contributed by atoms with Crippen LogP contribution >= 0.6 is 11.6 Å². The lowest BCUT2D eigenvalue weighted by Gasteiger charge is -2.14. The van der Waals surface area contributed by atoms with Crippen molar-refractivity contribution < 1.29 is 4.39 Å². The molecule has 2 atom stereocenters. The summed E-state index contributed by atoms with van der Waals surface area (Å²) in [5.41, 5.74) is 0.700. The minimum absolute atomic E-state index is 0.0167. The highest BCUT2D eigenvalue weighted by Crippen LogP contribution is 2.57. The zero-order chi connectivity index (χ0) is 10.3. The summed E-state index contributed by atoms with van der Waals surface area (Å²) in [6, 6.07) is 4.93. The number of benzene rings is 1. The van der Waals surface area contributed by atoms with Crippen LogP contribution in [0.15, 0.2) is 18.2 Å². The second kappa shape index (κ2) is 3.23. The van der Waals surface area contributed by atoms with Crippen LogP contribution in [-0.4, -0.2) is 0 Å². The van der Waals surface area contributed by atoms with Crippen LogP contribution in [0, 0.1) is 11.7 Å². The van der Waals surface area contributed by atoms with E-state index in [0.717, 1.165) is 12.8 Å². The Morgan fingerprint density at radius 2 is 2.29 bits per heavy atom. The average Bonchev–Trinajstić information content (AvgIpc) is 2.77. The Hall–Kier alpha value is -0.560. The molecule has 0 unspecified atom stereocenters. The highest BCUT2D eigenvalue weighted by atomic mass is 35.5. The minimum Gasteiger partial charge on any atom is -0.207 e. The van der Waals surface area contributed by atoms with Gasteiger partial charge in [0.15, 0.2) is 0 Å². The van der Waals surface area contributed by atoms with Crippen molar-refractivity contribution in [3.8, 4) is 0 Å². The second-order valence-corrected chi connectivity index (χ2v) is 4.73. The van der Waals surface area contributed by atoms with E-state index >= 15 is 0 Å². The largest absolute Gasteiger partial charge is 0.207 e. The average molecular weight is 213 g/mol. The molecular weight excluding hydrogens is 199 g/mol. The standard InChI is InChI=1S/C12H14ClF/c1-3-8-7-12(8,2)11-9(13)5-4-6-10(11)14/h4-6,8H,3,7H2,1-2H3/t8-,12-/m0/s1. The van der Waals surface area contributed by atoms with Crippen LogP contribution in [0.4, 0.5) is 4.39 Å². The van der Waals surface area contributed by atoms with Gasteiger partial charge in [0.1, 0.15) is 5.82 Å². The molecule has 1 saturated carbocycles. The number of halogens is 2. The lowest BCUT2D eigenvalue weighted by Crippen LogP contribution is -2.08. The smallest absolute Gasteiger partial charge is 0.128 e. The van der Waals surface area contributed by atoms with Gasteiger partial charge in [-0.15, -0.1) is 0 Å². The van der Waals surface area contributed by atoms with Gasteiger partial charge in [-0.2, -0.15) is 0 Å². The van der Waals surface area contributed by atoms with Gasteiger partial charge in [0.05, 0.1) is 0 Å². The molecule has 0 bridgehead atoms. The van der Waals surface area contributed by atoms with Gasteiger partial charge in [0.2, 0.25) is 0 Å². The van der Waals surface area contributed by atoms with E-state index in [-0.39, 0.29) is 11.2 Å². The second-order valence-electron chi connectivity index (χ2n) is 4.32. The Balaban J connectivity index is 2.43. The van der Waals surface area contributed by atoms with Crippen LogP contribution in [0.2, 0.25) is 5.02 Å². The minimum atomic E-state index is -0.157. The van der Waals surface area contributed by atoms with Crippen LogP contribution in [0.3, 0.4) is 0 Å². The summed E-state index contributed by atoms with van der Waals surface area (Å²) in [6.07, 6.45) is 2.16. The Morgan fingerprint density at radius 1 is 1.57 bits per heavy atom. The molecular formula is C12H14ClF. The molecule has 0 N–H and O–H groups in total. The van der Waals surface area contributed by atoms with Crippen molar-refractivity contribution in [3.05, 3.63) is 34.6 Å². The van der Waals surface area contributed by atoms with Crippen molar-refractivity contribution in [1.82, 2.24) is 0 Å². The molecule has 14 heavy (non-hydrogen) atoms. The molecule has 0 heterocycles. The van der Waals surface area contributed by atoms with Gasteiger partial charge in [-0.3, -0.25) is 0 Å². The molecule has 0 saturated heterocycles. The normalized spacial score (nSPS) is 30.4. The molecule has 1 fully saturated rings. The predicted molar refractivity (Wildman–Crippen MR) is 57.2 cm³/mol. The van der Waals surface area contributed by atoms with Gasteiger partial charge in [0.25, 0.3) is 0 Å². The summed E-state index contributed by atoms with van der Waals surface area (Å²) in [6.45, 7) is 4.25. The Kier molecular flexibility index (Phi) is 2.30. The van der Waals surface area contributed by atoms with Crippen LogP contribution in [-0.2, 0) is 5.41 Å². The quantitative estimate of drug-likeness (QED) is 0.691. The molecule has 0 nitrogen and oxygen atoms in total. The number of rotatable bonds is 2. The fourth-order valence-corrected chi connectivity index (χ4v) is 2.78. The molecule has 1 aliphatic rings. The fourth-order valence-electron chi connectivity index (χ4n) is 2.40. The van der Waals surface area contributed by atoms with Gasteiger partial charge in [-0.25, -0.2) is 4.39 Å². The molecule has 1 aromatic carbocycles. The third kappa shape index (κ3) is 1.35. The molecule has 0 spiro atoms. The van der Waals surface area contributed by atoms with E-state index in [4.69, 9.17) is 11.6 Å². The number of hydrogen-bond acceptors (Lipinski definition) is 0. The molecule has 0 aromatic heterocycles. The molecule has 0 amide bonds. The monoisotopic (exact) mass is 212 g/mol. The Labute approximate surface area is 89.1 Å². The third-order valence-electron chi connectivity index (χ3n) is 3.44. The SMILES string of the molecule is CC[C@H]1C[C@]1(C)c1c(F)cccc1Cl. The summed E-state index contributed by atoms with van der Waals surface area (Å²) in [4.78, 5) is 0. The van der Waals surface area contributed by atoms with E-state index in [1.807, 2.05) is 0 Å². The maximum absolute atomic E-state index is 13.6. The molecule has 2 heteroatoms. The topological polar surface area (TPSA) is 0 Å². The summed E-state index contributed by atoms with van der Waals surface area (Å²) in [7, 11) is 0. The highest BCUT2D eigenvalue weighted by Gasteiger charge is 2.52. The first kappa shape index (κ1) is 9.97. The van der Waals surface area contributed by atoms with Crippen molar-refractivity contribution in [2.24, 2.45) is 5.92 Å². The van der Waals surface area contributed by atoms with Gasteiger partial charge >= 0.3 is 0 Å². The van der Waals surface area contributed by atoms with E-state index in [2.05, 4.69) is 13.8 Å². The van der Waals surface area contributed by atoms with Crippen LogP contribution in [0.5, 0.6) is 0 Å². The lowest BCUT2D eigenvalue weighted by molar-refractivity contribution is 0.560. The van der Waals surface area contributed by atoms with Crippen molar-refractivity contribution in [2.45, 2.75) is 32.1 Å². The van der Waals surface area contributed by atoms with Crippen LogP contribution in [0.25, 0.3) is 0 Å². The Morgan fingerprint density at radius 3 is 2.79 bits per heavy atom. The molecule has 0 aliphatic heterocycles. The van der Waals surface area contributed by atoms with Gasteiger partial charge in [-0.05, 0) is 29.9 Å². The molecule has 0 radical (unpaired) electrons. The van der Waals surface area contributed by atoms with Gasteiger partial charge < -0.3 is 0 Å². The summed E-state index contributed by atoms with van der Waals surface area (Å²) < 4.78 is 13.6. The van der Waals surface area contributed by atoms with E-state index in [1.165, 1.54) is 6.07 Å². The van der Waals surface area contributed by atoms with E-state index in [9.17, 15) is 4.39 Å². The maximum Gasteiger partial charge on any atom is 0.128 e. The summed E-state index contributed by atoms with van der Waals surface area (Å²) in [5.74, 6) is 0.438. The van der Waals surface area contributed by atoms with Gasteiger partial charge in [-0.1, -0.05) is 37.9 Å². The van der Waals surface area contributed by atoms with Crippen LogP contribution < -0.4 is 0 Å². The molecule has 76 valence electrons. The first-order valence-electron chi connectivity index (χ1n) is 5.04. The van der Waals surface area contributed by atoms with Crippen molar-refractivity contribution >= 4 is 11.6 Å². The zero-order valence-corrected chi connectivity index (χ0v) is 9.24. The first-order chi connectivity index (χ1) is 6.59. The van der Waals surface area contributed by atoms with Crippen molar-refractivity contribution in [2.75, 3.05) is 0 Å². The number of hydrogen-bond donors (Lipinski definition) is 0. The van der Waals surface area contributed by atoms with Gasteiger partial charge in [0, 0.05) is 10.6 Å². The molecule has 2 rings (SSSR count). The Bertz CT molecular complexity index is 341. The van der Waals surface area contributed by atoms with Crippen molar-refractivity contribution in [3.63, 3.8) is 0 Å². The summed E-state index contributed by atoms with van der Waals surface area (Å²) >= 11 is 6.04. The third-order valence-corrected chi connectivity index (χ3v) is 3.75. The highest BCUT2D eigenvalue weighted by molar-refractivity contribution is 6.31. The van der Waals surface area contributed by atoms with E-state index in [0.29, 0.717) is 16.5 Å². The fraction of sp³-hybridized carbons (Fsp3) is 0.500. The maximum atomic E-state index is 13.6. The first-order valence-corrected chi connectivity index (χ1v) is 5.42. The summed E-state index contributed by atoms with van der Waals surface area (Å²) in [5, 5.41) is 0.573. The predicted octanol–water partition coefficient (Wildman–Crippen LogP) is 4.17. The molecule has 1 aromatic rings. The molecule has 1 aliphatic carbocycles. The van der Waals surface area contributed by atoms with E-state index in [1.54, 1.807) is 12.1 Å². The van der Waals surface area contributed by atoms with Crippen LogP contribution in [0.1, 0.15) is 32.3 Å². The lowest BCUT2D eigenvalue weighted by atomic mass is 9.94. The van der Waals surface area contributed by atoms with E-state index < -0.39 is 0 Å². The van der Waals surface area contributed by atoms with Crippen molar-refractivity contribution in [1.29, 1.82) is 0 Å². The zero-order valence-electron chi connectivity index (χ0n) is 8.48.